The molecule has 138 valence electrons. The van der Waals surface area contributed by atoms with Gasteiger partial charge in [-0.1, -0.05) is 5.16 Å². The minimum absolute atomic E-state index is 0.0238. The molecule has 7 nitrogen and oxygen atoms in total. The van der Waals surface area contributed by atoms with Crippen LogP contribution in [-0.2, 0) is 20.8 Å². The van der Waals surface area contributed by atoms with Gasteiger partial charge in [0.2, 0.25) is 0 Å². The summed E-state index contributed by atoms with van der Waals surface area (Å²) < 4.78 is 17.0. The molecule has 1 aromatic rings. The molecule has 2 heterocycles. The van der Waals surface area contributed by atoms with Crippen molar-refractivity contribution >= 4 is 5.97 Å². The molecule has 0 amide bonds. The van der Waals surface area contributed by atoms with E-state index >= 15 is 0 Å². The molecule has 1 N–H and O–H groups in total. The molecule has 1 saturated heterocycles. The second-order valence-electron chi connectivity index (χ2n) is 7.60. The van der Waals surface area contributed by atoms with Crippen LogP contribution in [0.15, 0.2) is 10.6 Å². The lowest BCUT2D eigenvalue weighted by Crippen LogP contribution is -2.51. The van der Waals surface area contributed by atoms with E-state index in [4.69, 9.17) is 19.1 Å². The van der Waals surface area contributed by atoms with Crippen molar-refractivity contribution in [2.24, 2.45) is 0 Å². The van der Waals surface area contributed by atoms with Gasteiger partial charge in [-0.05, 0) is 38.5 Å². The highest BCUT2D eigenvalue weighted by atomic mass is 16.5. The lowest BCUT2D eigenvalue weighted by molar-refractivity contribution is -0.148. The van der Waals surface area contributed by atoms with Crippen molar-refractivity contribution in [3.05, 3.63) is 17.5 Å². The van der Waals surface area contributed by atoms with Crippen LogP contribution in [0.25, 0.3) is 0 Å². The molecule has 0 radical (unpaired) electrons. The molecule has 3 aliphatic rings. The average molecular weight is 350 g/mol. The minimum atomic E-state index is -0.915. The number of methoxy groups -OCH3 is 1. The van der Waals surface area contributed by atoms with E-state index in [-0.39, 0.29) is 24.4 Å². The van der Waals surface area contributed by atoms with Crippen molar-refractivity contribution in [2.45, 2.75) is 68.7 Å². The number of fused-ring (bicyclic) bond motifs is 1. The Morgan fingerprint density at radius 1 is 1.44 bits per heavy atom. The Labute approximate surface area is 147 Å². The van der Waals surface area contributed by atoms with Crippen molar-refractivity contribution in [1.29, 1.82) is 0 Å². The molecule has 3 atom stereocenters. The van der Waals surface area contributed by atoms with Crippen LogP contribution >= 0.6 is 0 Å². The van der Waals surface area contributed by atoms with E-state index in [2.05, 4.69) is 16.1 Å². The van der Waals surface area contributed by atoms with Gasteiger partial charge in [0.25, 0.3) is 0 Å². The third-order valence-electron chi connectivity index (χ3n) is 6.02. The second-order valence-corrected chi connectivity index (χ2v) is 7.60. The molecule has 0 unspecified atom stereocenters. The SMILES string of the molecule is CO[C@]12CC[C@@H](OCC(=O)O)C[C@H]1N(Cc1cc(C3CC3)on1)CC2. The standard InChI is InChI=1S/C18H26N2O5/c1-23-18-5-4-14(24-11-17(21)22)9-16(18)20(7-6-18)10-13-8-15(25-19-13)12-2-3-12/h8,12,14,16H,2-7,9-11H2,1H3,(H,21,22)/t14-,16-,18+/m1/s1. The summed E-state index contributed by atoms with van der Waals surface area (Å²) in [5.74, 6) is 0.668. The van der Waals surface area contributed by atoms with Gasteiger partial charge in [0.05, 0.1) is 17.4 Å². The molecule has 2 saturated carbocycles. The van der Waals surface area contributed by atoms with E-state index in [1.54, 1.807) is 7.11 Å². The Morgan fingerprint density at radius 2 is 2.28 bits per heavy atom. The number of hydrogen-bond donors (Lipinski definition) is 1. The summed E-state index contributed by atoms with van der Waals surface area (Å²) in [7, 11) is 1.79. The van der Waals surface area contributed by atoms with E-state index in [1.807, 2.05) is 0 Å². The summed E-state index contributed by atoms with van der Waals surface area (Å²) >= 11 is 0. The number of hydrogen-bond acceptors (Lipinski definition) is 6. The van der Waals surface area contributed by atoms with Crippen LogP contribution in [0.1, 0.15) is 55.9 Å². The lowest BCUT2D eigenvalue weighted by atomic mass is 9.79. The van der Waals surface area contributed by atoms with Crippen molar-refractivity contribution in [1.82, 2.24) is 10.1 Å². The largest absolute Gasteiger partial charge is 0.480 e. The van der Waals surface area contributed by atoms with Crippen LogP contribution in [0.4, 0.5) is 0 Å². The van der Waals surface area contributed by atoms with Crippen LogP contribution in [0.2, 0.25) is 0 Å². The molecule has 0 spiro atoms. The van der Waals surface area contributed by atoms with Gasteiger partial charge in [-0.25, -0.2) is 4.79 Å². The molecule has 0 aromatic carbocycles. The zero-order valence-electron chi connectivity index (χ0n) is 14.6. The molecule has 25 heavy (non-hydrogen) atoms. The number of carboxylic acids is 1. The molecular weight excluding hydrogens is 324 g/mol. The molecular formula is C18H26N2O5. The van der Waals surface area contributed by atoms with Crippen molar-refractivity contribution in [3.63, 3.8) is 0 Å². The van der Waals surface area contributed by atoms with Gasteiger partial charge in [0.1, 0.15) is 12.4 Å². The van der Waals surface area contributed by atoms with Crippen LogP contribution in [-0.4, -0.2) is 59.1 Å². The maximum Gasteiger partial charge on any atom is 0.329 e. The third-order valence-corrected chi connectivity index (χ3v) is 6.02. The van der Waals surface area contributed by atoms with Crippen molar-refractivity contribution in [3.8, 4) is 0 Å². The summed E-state index contributed by atoms with van der Waals surface area (Å²) in [5.41, 5.74) is 0.828. The molecule has 2 aliphatic carbocycles. The van der Waals surface area contributed by atoms with Gasteiger partial charge < -0.3 is 19.1 Å². The topological polar surface area (TPSA) is 85.0 Å². The Hall–Kier alpha value is -1.44. The average Bonchev–Trinajstić information content (AvgIpc) is 3.26. The van der Waals surface area contributed by atoms with Gasteiger partial charge in [0, 0.05) is 38.2 Å². The van der Waals surface area contributed by atoms with Gasteiger partial charge in [0.15, 0.2) is 0 Å². The normalized spacial score (nSPS) is 32.7. The highest BCUT2D eigenvalue weighted by molar-refractivity contribution is 5.68. The highest BCUT2D eigenvalue weighted by Crippen LogP contribution is 2.44. The quantitative estimate of drug-likeness (QED) is 0.806. The zero-order valence-corrected chi connectivity index (χ0v) is 14.6. The monoisotopic (exact) mass is 350 g/mol. The second kappa shape index (κ2) is 6.70. The minimum Gasteiger partial charge on any atom is -0.480 e. The molecule has 1 aliphatic heterocycles. The van der Waals surface area contributed by atoms with Gasteiger partial charge in [-0.15, -0.1) is 0 Å². The molecule has 0 bridgehead atoms. The Bertz CT molecular complexity index is 629. The first-order valence-corrected chi connectivity index (χ1v) is 9.18. The molecule has 1 aromatic heterocycles. The fourth-order valence-corrected chi connectivity index (χ4v) is 4.46. The van der Waals surface area contributed by atoms with Crippen LogP contribution in [0.3, 0.4) is 0 Å². The summed E-state index contributed by atoms with van der Waals surface area (Å²) in [4.78, 5) is 13.2. The summed E-state index contributed by atoms with van der Waals surface area (Å²) in [6.07, 6.45) is 5.93. The third kappa shape index (κ3) is 3.45. The molecule has 4 rings (SSSR count). The smallest absolute Gasteiger partial charge is 0.329 e. The number of nitrogens with zero attached hydrogens (tertiary/aromatic N) is 2. The fourth-order valence-electron chi connectivity index (χ4n) is 4.46. The van der Waals surface area contributed by atoms with Gasteiger partial charge in [-0.3, -0.25) is 4.90 Å². The van der Waals surface area contributed by atoms with E-state index in [1.165, 1.54) is 12.8 Å². The van der Waals surface area contributed by atoms with Crippen LogP contribution < -0.4 is 0 Å². The van der Waals surface area contributed by atoms with E-state index < -0.39 is 5.97 Å². The zero-order chi connectivity index (χ0) is 17.4. The van der Waals surface area contributed by atoms with E-state index in [0.29, 0.717) is 5.92 Å². The van der Waals surface area contributed by atoms with Crippen LogP contribution in [0.5, 0.6) is 0 Å². The Balaban J connectivity index is 1.43. The van der Waals surface area contributed by atoms with E-state index in [9.17, 15) is 4.79 Å². The maximum absolute atomic E-state index is 10.8. The predicted octanol–water partition coefficient (Wildman–Crippen LogP) is 2.17. The first-order valence-electron chi connectivity index (χ1n) is 9.18. The number of aliphatic carboxylic acids is 1. The van der Waals surface area contributed by atoms with Crippen molar-refractivity contribution < 1.29 is 23.9 Å². The lowest BCUT2D eigenvalue weighted by Gasteiger charge is -2.43. The summed E-state index contributed by atoms with van der Waals surface area (Å²) in [6.45, 7) is 1.47. The van der Waals surface area contributed by atoms with Crippen LogP contribution in [0, 0.1) is 0 Å². The van der Waals surface area contributed by atoms with Gasteiger partial charge in [-0.2, -0.15) is 0 Å². The summed E-state index contributed by atoms with van der Waals surface area (Å²) in [5, 5.41) is 13.1. The number of carboxylic acid groups (broad SMARTS) is 1. The molecule has 7 heteroatoms. The first-order chi connectivity index (χ1) is 12.1. The van der Waals surface area contributed by atoms with Crippen molar-refractivity contribution in [2.75, 3.05) is 20.3 Å². The number of likely N-dealkylation sites (tertiary alicyclic amines) is 1. The fraction of sp³-hybridized carbons (Fsp3) is 0.778. The number of carbonyl (C=O) groups is 1. The van der Waals surface area contributed by atoms with Gasteiger partial charge >= 0.3 is 5.97 Å². The summed E-state index contributed by atoms with van der Waals surface area (Å²) in [6, 6.07) is 2.32. The maximum atomic E-state index is 10.8. The van der Waals surface area contributed by atoms with E-state index in [0.717, 1.165) is 50.2 Å². The molecule has 3 fully saturated rings. The Morgan fingerprint density at radius 3 is 3.00 bits per heavy atom. The highest BCUT2D eigenvalue weighted by Gasteiger charge is 2.51. The number of aromatic nitrogens is 1. The predicted molar refractivity (Wildman–Crippen MR) is 88.3 cm³/mol. The number of ether oxygens (including phenoxy) is 2. The Kier molecular flexibility index (Phi) is 4.56. The first kappa shape index (κ1) is 17.0. The number of rotatable bonds is 7.